The summed E-state index contributed by atoms with van der Waals surface area (Å²) >= 11 is 0. The standard InChI is InChI=1S/C11H18FN3/c1-15(2)8-4-3-6-13-10-5-7-14-11(12)9-10/h5,7,9H,3-4,6,8H2,1-2H3,(H,13,14). The van der Waals surface area contributed by atoms with Crippen molar-refractivity contribution in [2.24, 2.45) is 0 Å². The van der Waals surface area contributed by atoms with Gasteiger partial charge < -0.3 is 10.2 Å². The van der Waals surface area contributed by atoms with E-state index in [1.54, 1.807) is 6.07 Å². The van der Waals surface area contributed by atoms with Crippen LogP contribution in [-0.2, 0) is 0 Å². The van der Waals surface area contributed by atoms with Crippen molar-refractivity contribution >= 4 is 5.69 Å². The number of nitrogens with zero attached hydrogens (tertiary/aromatic N) is 2. The Hall–Kier alpha value is -1.16. The summed E-state index contributed by atoms with van der Waals surface area (Å²) in [6, 6.07) is 3.18. The van der Waals surface area contributed by atoms with Gasteiger partial charge in [0.2, 0.25) is 5.95 Å². The van der Waals surface area contributed by atoms with Gasteiger partial charge in [0.15, 0.2) is 0 Å². The predicted octanol–water partition coefficient (Wildman–Crippen LogP) is 1.97. The molecule has 0 radical (unpaired) electrons. The van der Waals surface area contributed by atoms with Gasteiger partial charge in [-0.05, 0) is 39.5 Å². The molecule has 1 heterocycles. The molecule has 0 aliphatic carbocycles. The monoisotopic (exact) mass is 211 g/mol. The van der Waals surface area contributed by atoms with Gasteiger partial charge in [0.25, 0.3) is 0 Å². The minimum atomic E-state index is -0.437. The van der Waals surface area contributed by atoms with E-state index in [1.165, 1.54) is 12.3 Å². The molecule has 0 unspecified atom stereocenters. The van der Waals surface area contributed by atoms with Crippen molar-refractivity contribution in [3.63, 3.8) is 0 Å². The van der Waals surface area contributed by atoms with Gasteiger partial charge in [0, 0.05) is 24.5 Å². The first-order valence-corrected chi connectivity index (χ1v) is 5.18. The van der Waals surface area contributed by atoms with E-state index in [9.17, 15) is 4.39 Å². The minimum Gasteiger partial charge on any atom is -0.385 e. The Kier molecular flexibility index (Phi) is 5.04. The quantitative estimate of drug-likeness (QED) is 0.576. The van der Waals surface area contributed by atoms with E-state index in [-0.39, 0.29) is 0 Å². The zero-order valence-electron chi connectivity index (χ0n) is 9.33. The SMILES string of the molecule is CN(C)CCCCNc1ccnc(F)c1. The molecule has 0 saturated carbocycles. The molecule has 1 N–H and O–H groups in total. The predicted molar refractivity (Wildman–Crippen MR) is 60.5 cm³/mol. The maximum Gasteiger partial charge on any atom is 0.214 e. The number of aromatic nitrogens is 1. The fourth-order valence-corrected chi connectivity index (χ4v) is 1.30. The Labute approximate surface area is 90.3 Å². The summed E-state index contributed by atoms with van der Waals surface area (Å²) in [7, 11) is 4.12. The molecule has 0 bridgehead atoms. The molecule has 0 atom stereocenters. The van der Waals surface area contributed by atoms with Crippen molar-refractivity contribution in [3.8, 4) is 0 Å². The molecule has 0 amide bonds. The van der Waals surface area contributed by atoms with E-state index in [0.29, 0.717) is 0 Å². The Bertz CT molecular complexity index is 289. The van der Waals surface area contributed by atoms with E-state index >= 15 is 0 Å². The molecular formula is C11H18FN3. The van der Waals surface area contributed by atoms with Crippen LogP contribution >= 0.6 is 0 Å². The van der Waals surface area contributed by atoms with Gasteiger partial charge >= 0.3 is 0 Å². The third kappa shape index (κ3) is 5.32. The first kappa shape index (κ1) is 11.9. The van der Waals surface area contributed by atoms with Crippen LogP contribution in [0.3, 0.4) is 0 Å². The summed E-state index contributed by atoms with van der Waals surface area (Å²) in [5, 5.41) is 3.16. The van der Waals surface area contributed by atoms with Crippen molar-refractivity contribution in [1.82, 2.24) is 9.88 Å². The first-order valence-electron chi connectivity index (χ1n) is 5.18. The van der Waals surface area contributed by atoms with Gasteiger partial charge in [-0.1, -0.05) is 0 Å². The molecule has 1 aromatic heterocycles. The summed E-state index contributed by atoms with van der Waals surface area (Å²) < 4.78 is 12.7. The van der Waals surface area contributed by atoms with Gasteiger partial charge in [-0.3, -0.25) is 0 Å². The van der Waals surface area contributed by atoms with Crippen LogP contribution in [0, 0.1) is 5.95 Å². The molecule has 1 aromatic rings. The highest BCUT2D eigenvalue weighted by Crippen LogP contribution is 2.06. The van der Waals surface area contributed by atoms with Gasteiger partial charge in [0.1, 0.15) is 0 Å². The topological polar surface area (TPSA) is 28.2 Å². The minimum absolute atomic E-state index is 0.437. The summed E-state index contributed by atoms with van der Waals surface area (Å²) in [5.74, 6) is -0.437. The van der Waals surface area contributed by atoms with E-state index < -0.39 is 5.95 Å². The number of hydrogen-bond donors (Lipinski definition) is 1. The van der Waals surface area contributed by atoms with Crippen molar-refractivity contribution in [2.45, 2.75) is 12.8 Å². The first-order chi connectivity index (χ1) is 7.18. The lowest BCUT2D eigenvalue weighted by atomic mass is 10.3. The highest BCUT2D eigenvalue weighted by atomic mass is 19.1. The molecule has 0 spiro atoms. The van der Waals surface area contributed by atoms with Gasteiger partial charge in [-0.15, -0.1) is 0 Å². The average molecular weight is 211 g/mol. The van der Waals surface area contributed by atoms with Crippen LogP contribution in [-0.4, -0.2) is 37.1 Å². The van der Waals surface area contributed by atoms with Gasteiger partial charge in [0.05, 0.1) is 0 Å². The van der Waals surface area contributed by atoms with E-state index in [1.807, 2.05) is 0 Å². The molecule has 0 aliphatic heterocycles. The molecule has 0 aliphatic rings. The van der Waals surface area contributed by atoms with Crippen molar-refractivity contribution < 1.29 is 4.39 Å². The van der Waals surface area contributed by atoms with Crippen molar-refractivity contribution in [2.75, 3.05) is 32.5 Å². The molecule has 4 heteroatoms. The van der Waals surface area contributed by atoms with Crippen LogP contribution in [0.2, 0.25) is 0 Å². The Morgan fingerprint density at radius 3 is 2.87 bits per heavy atom. The molecule has 1 rings (SSSR count). The van der Waals surface area contributed by atoms with Crippen LogP contribution in [0.4, 0.5) is 10.1 Å². The third-order valence-electron chi connectivity index (χ3n) is 2.09. The summed E-state index contributed by atoms with van der Waals surface area (Å²) in [4.78, 5) is 5.65. The number of hydrogen-bond acceptors (Lipinski definition) is 3. The lowest BCUT2D eigenvalue weighted by Gasteiger charge is -2.09. The summed E-state index contributed by atoms with van der Waals surface area (Å²) in [5.41, 5.74) is 0.798. The summed E-state index contributed by atoms with van der Waals surface area (Å²) in [6.07, 6.45) is 3.70. The van der Waals surface area contributed by atoms with E-state index in [0.717, 1.165) is 31.6 Å². The highest BCUT2D eigenvalue weighted by molar-refractivity contribution is 5.40. The number of nitrogens with one attached hydrogen (secondary N) is 1. The molecule has 0 aromatic carbocycles. The molecule has 15 heavy (non-hydrogen) atoms. The second-order valence-electron chi connectivity index (χ2n) is 3.80. The number of rotatable bonds is 6. The fourth-order valence-electron chi connectivity index (χ4n) is 1.30. The second-order valence-corrected chi connectivity index (χ2v) is 3.80. The molecular weight excluding hydrogens is 193 g/mol. The maximum absolute atomic E-state index is 12.7. The lowest BCUT2D eigenvalue weighted by molar-refractivity contribution is 0.396. The maximum atomic E-state index is 12.7. The van der Waals surface area contributed by atoms with Crippen LogP contribution < -0.4 is 5.32 Å². The second kappa shape index (κ2) is 6.35. The van der Waals surface area contributed by atoms with Crippen LogP contribution in [0.1, 0.15) is 12.8 Å². The van der Waals surface area contributed by atoms with Crippen molar-refractivity contribution in [3.05, 3.63) is 24.3 Å². The number of pyridine rings is 1. The van der Waals surface area contributed by atoms with Crippen LogP contribution in [0.25, 0.3) is 0 Å². The molecule has 0 saturated heterocycles. The Morgan fingerprint density at radius 1 is 1.40 bits per heavy atom. The zero-order valence-corrected chi connectivity index (χ0v) is 9.33. The van der Waals surface area contributed by atoms with Crippen molar-refractivity contribution in [1.29, 1.82) is 0 Å². The largest absolute Gasteiger partial charge is 0.385 e. The third-order valence-corrected chi connectivity index (χ3v) is 2.09. The lowest BCUT2D eigenvalue weighted by Crippen LogP contribution is -2.14. The number of unbranched alkanes of at least 4 members (excludes halogenated alkanes) is 1. The van der Waals surface area contributed by atoms with Gasteiger partial charge in [-0.2, -0.15) is 4.39 Å². The smallest absolute Gasteiger partial charge is 0.214 e. The molecule has 84 valence electrons. The summed E-state index contributed by atoms with van der Waals surface area (Å²) in [6.45, 7) is 1.96. The average Bonchev–Trinajstić information content (AvgIpc) is 2.17. The molecule has 3 nitrogen and oxygen atoms in total. The van der Waals surface area contributed by atoms with E-state index in [4.69, 9.17) is 0 Å². The van der Waals surface area contributed by atoms with Gasteiger partial charge in [-0.25, -0.2) is 4.98 Å². The number of anilines is 1. The van der Waals surface area contributed by atoms with Crippen LogP contribution in [0.5, 0.6) is 0 Å². The highest BCUT2D eigenvalue weighted by Gasteiger charge is 1.95. The fraction of sp³-hybridized carbons (Fsp3) is 0.545. The normalized spacial score (nSPS) is 10.7. The molecule has 0 fully saturated rings. The Morgan fingerprint density at radius 2 is 2.20 bits per heavy atom. The van der Waals surface area contributed by atoms with Crippen LogP contribution in [0.15, 0.2) is 18.3 Å². The van der Waals surface area contributed by atoms with E-state index in [2.05, 4.69) is 29.3 Å². The zero-order chi connectivity index (χ0) is 11.1. The number of halogens is 1. The Balaban J connectivity index is 2.15.